The highest BCUT2D eigenvalue weighted by Gasteiger charge is 2.26. The molecule has 6 heteroatoms. The van der Waals surface area contributed by atoms with Crippen molar-refractivity contribution in [3.05, 3.63) is 36.2 Å². The molecule has 2 heterocycles. The minimum absolute atomic E-state index is 0.0162. The summed E-state index contributed by atoms with van der Waals surface area (Å²) in [7, 11) is 1.53. The summed E-state index contributed by atoms with van der Waals surface area (Å²) >= 11 is 0. The van der Waals surface area contributed by atoms with Crippen LogP contribution in [-0.2, 0) is 0 Å². The molecule has 2 aromatic rings. The van der Waals surface area contributed by atoms with Crippen molar-refractivity contribution in [3.8, 4) is 11.4 Å². The second kappa shape index (κ2) is 4.38. The van der Waals surface area contributed by atoms with Crippen molar-refractivity contribution in [3.63, 3.8) is 0 Å². The first-order valence-electron chi connectivity index (χ1n) is 6.00. The van der Waals surface area contributed by atoms with Gasteiger partial charge >= 0.3 is 5.97 Å². The lowest BCUT2D eigenvalue weighted by Crippen LogP contribution is -2.04. The normalized spacial score (nSPS) is 14.4. The minimum atomic E-state index is -1.06. The molecule has 0 amide bonds. The molecular weight excluding hydrogens is 246 g/mol. The highest BCUT2D eigenvalue weighted by molar-refractivity contribution is 5.86. The average Bonchev–Trinajstić information content (AvgIpc) is 3.16. The Balaban J connectivity index is 2.04. The summed E-state index contributed by atoms with van der Waals surface area (Å²) in [6.07, 6.45) is 7.35. The number of aromatic nitrogens is 3. The Morgan fingerprint density at radius 1 is 1.47 bits per heavy atom. The summed E-state index contributed by atoms with van der Waals surface area (Å²) in [6, 6.07) is 1.49. The van der Waals surface area contributed by atoms with Crippen LogP contribution in [0.3, 0.4) is 0 Å². The molecule has 1 fully saturated rings. The molecule has 19 heavy (non-hydrogen) atoms. The molecule has 98 valence electrons. The molecule has 0 bridgehead atoms. The summed E-state index contributed by atoms with van der Waals surface area (Å²) in [6.45, 7) is 0. The van der Waals surface area contributed by atoms with Crippen LogP contribution in [0.25, 0.3) is 5.69 Å². The van der Waals surface area contributed by atoms with Crippen molar-refractivity contribution < 1.29 is 14.6 Å². The Bertz CT molecular complexity index is 632. The second-order valence-corrected chi connectivity index (χ2v) is 4.53. The Labute approximate surface area is 109 Å². The lowest BCUT2D eigenvalue weighted by molar-refractivity contribution is 0.0690. The van der Waals surface area contributed by atoms with Gasteiger partial charge in [0, 0.05) is 12.1 Å². The van der Waals surface area contributed by atoms with E-state index in [0.717, 1.165) is 5.69 Å². The van der Waals surface area contributed by atoms with Gasteiger partial charge < -0.3 is 14.4 Å². The van der Waals surface area contributed by atoms with E-state index in [1.54, 1.807) is 10.9 Å². The molecule has 0 radical (unpaired) electrons. The predicted octanol–water partition coefficient (Wildman–Crippen LogP) is 1.85. The van der Waals surface area contributed by atoms with Crippen molar-refractivity contribution in [2.75, 3.05) is 7.11 Å². The summed E-state index contributed by atoms with van der Waals surface area (Å²) < 4.78 is 6.99. The van der Waals surface area contributed by atoms with Crippen molar-refractivity contribution >= 4 is 5.97 Å². The number of carboxylic acid groups (broad SMARTS) is 1. The fourth-order valence-electron chi connectivity index (χ4n) is 1.97. The van der Waals surface area contributed by atoms with Crippen molar-refractivity contribution in [1.29, 1.82) is 0 Å². The van der Waals surface area contributed by atoms with Gasteiger partial charge in [-0.05, 0) is 18.9 Å². The molecule has 1 aliphatic rings. The van der Waals surface area contributed by atoms with E-state index in [1.165, 1.54) is 32.2 Å². The Morgan fingerprint density at radius 3 is 2.89 bits per heavy atom. The number of hydrogen-bond acceptors (Lipinski definition) is 4. The maximum Gasteiger partial charge on any atom is 0.354 e. The maximum absolute atomic E-state index is 11.0. The Morgan fingerprint density at radius 2 is 2.26 bits per heavy atom. The van der Waals surface area contributed by atoms with Gasteiger partial charge in [-0.3, -0.25) is 0 Å². The molecule has 0 aromatic carbocycles. The van der Waals surface area contributed by atoms with E-state index in [0.29, 0.717) is 17.4 Å². The van der Waals surface area contributed by atoms with Crippen LogP contribution >= 0.6 is 0 Å². The summed E-state index contributed by atoms with van der Waals surface area (Å²) in [4.78, 5) is 19.2. The number of pyridine rings is 1. The number of methoxy groups -OCH3 is 1. The molecule has 1 aliphatic carbocycles. The number of rotatable bonds is 4. The van der Waals surface area contributed by atoms with Gasteiger partial charge in [-0.2, -0.15) is 0 Å². The van der Waals surface area contributed by atoms with Gasteiger partial charge in [0.05, 0.1) is 31.0 Å². The molecule has 3 rings (SSSR count). The highest BCUT2D eigenvalue weighted by atomic mass is 16.5. The van der Waals surface area contributed by atoms with Gasteiger partial charge in [-0.1, -0.05) is 0 Å². The number of nitrogens with zero attached hydrogens (tertiary/aromatic N) is 3. The molecule has 0 saturated heterocycles. The van der Waals surface area contributed by atoms with Crippen molar-refractivity contribution in [2.24, 2.45) is 0 Å². The van der Waals surface area contributed by atoms with Gasteiger partial charge in [-0.15, -0.1) is 0 Å². The van der Waals surface area contributed by atoms with Gasteiger partial charge in [-0.25, -0.2) is 14.8 Å². The smallest absolute Gasteiger partial charge is 0.354 e. The van der Waals surface area contributed by atoms with Gasteiger partial charge in [0.2, 0.25) is 0 Å². The zero-order valence-corrected chi connectivity index (χ0v) is 10.4. The molecule has 2 aromatic heterocycles. The number of hydrogen-bond donors (Lipinski definition) is 1. The van der Waals surface area contributed by atoms with E-state index in [4.69, 9.17) is 9.84 Å². The van der Waals surface area contributed by atoms with Crippen LogP contribution in [-0.4, -0.2) is 32.7 Å². The molecular formula is C13H13N3O3. The van der Waals surface area contributed by atoms with Crippen LogP contribution in [0.4, 0.5) is 0 Å². The van der Waals surface area contributed by atoms with Crippen LogP contribution in [0.2, 0.25) is 0 Å². The Kier molecular flexibility index (Phi) is 2.70. The Hall–Kier alpha value is -2.37. The van der Waals surface area contributed by atoms with Crippen LogP contribution < -0.4 is 4.74 Å². The largest absolute Gasteiger partial charge is 0.493 e. The van der Waals surface area contributed by atoms with E-state index < -0.39 is 5.97 Å². The number of ether oxygens (including phenoxy) is 1. The standard InChI is InChI=1S/C13H13N3O3/c1-19-12-5-14-9(13(17)18)4-11(12)16-6-10(15-7-16)8-2-3-8/h4-8H,2-3H2,1H3,(H,17,18). The lowest BCUT2D eigenvalue weighted by Gasteiger charge is -2.09. The number of carboxylic acids is 1. The maximum atomic E-state index is 11.0. The topological polar surface area (TPSA) is 77.2 Å². The quantitative estimate of drug-likeness (QED) is 0.906. The zero-order chi connectivity index (χ0) is 13.4. The summed E-state index contributed by atoms with van der Waals surface area (Å²) in [5.41, 5.74) is 1.66. The van der Waals surface area contributed by atoms with E-state index >= 15 is 0 Å². The van der Waals surface area contributed by atoms with E-state index in [9.17, 15) is 4.79 Å². The fraction of sp³-hybridized carbons (Fsp3) is 0.308. The number of imidazole rings is 1. The first kappa shape index (κ1) is 11.7. The van der Waals surface area contributed by atoms with E-state index in [-0.39, 0.29) is 5.69 Å². The SMILES string of the molecule is COc1cnc(C(=O)O)cc1-n1cnc(C2CC2)c1. The van der Waals surface area contributed by atoms with Gasteiger partial charge in [0.25, 0.3) is 0 Å². The average molecular weight is 259 g/mol. The minimum Gasteiger partial charge on any atom is -0.493 e. The second-order valence-electron chi connectivity index (χ2n) is 4.53. The first-order chi connectivity index (χ1) is 9.19. The van der Waals surface area contributed by atoms with E-state index in [1.807, 2.05) is 6.20 Å². The summed E-state index contributed by atoms with van der Waals surface area (Å²) in [5.74, 6) is 0.00390. The van der Waals surface area contributed by atoms with Crippen LogP contribution in [0.1, 0.15) is 34.9 Å². The monoisotopic (exact) mass is 259 g/mol. The molecule has 0 unspecified atom stereocenters. The molecule has 0 aliphatic heterocycles. The third kappa shape index (κ3) is 2.16. The lowest BCUT2D eigenvalue weighted by atomic mass is 10.3. The van der Waals surface area contributed by atoms with Crippen LogP contribution in [0, 0.1) is 0 Å². The highest BCUT2D eigenvalue weighted by Crippen LogP contribution is 2.39. The van der Waals surface area contributed by atoms with Crippen molar-refractivity contribution in [1.82, 2.24) is 14.5 Å². The van der Waals surface area contributed by atoms with Crippen LogP contribution in [0.5, 0.6) is 5.75 Å². The fourth-order valence-corrected chi connectivity index (χ4v) is 1.97. The van der Waals surface area contributed by atoms with E-state index in [2.05, 4.69) is 9.97 Å². The molecule has 1 saturated carbocycles. The number of carbonyl (C=O) groups is 1. The van der Waals surface area contributed by atoms with Crippen LogP contribution in [0.15, 0.2) is 24.8 Å². The van der Waals surface area contributed by atoms with Crippen molar-refractivity contribution in [2.45, 2.75) is 18.8 Å². The van der Waals surface area contributed by atoms with Gasteiger partial charge in [0.1, 0.15) is 0 Å². The first-order valence-corrected chi connectivity index (χ1v) is 6.00. The zero-order valence-electron chi connectivity index (χ0n) is 10.4. The predicted molar refractivity (Wildman–Crippen MR) is 66.8 cm³/mol. The molecule has 6 nitrogen and oxygen atoms in total. The summed E-state index contributed by atoms with van der Waals surface area (Å²) in [5, 5.41) is 9.00. The molecule has 1 N–H and O–H groups in total. The number of aromatic carboxylic acids is 1. The van der Waals surface area contributed by atoms with Gasteiger partial charge in [0.15, 0.2) is 11.4 Å². The molecule has 0 spiro atoms. The molecule has 0 atom stereocenters. The third-order valence-corrected chi connectivity index (χ3v) is 3.16. The third-order valence-electron chi connectivity index (χ3n) is 3.16.